The van der Waals surface area contributed by atoms with Crippen LogP contribution in [-0.2, 0) is 4.57 Å². The maximum atomic E-state index is 14.5. The van der Waals surface area contributed by atoms with Crippen LogP contribution >= 0.6 is 34.7 Å². The lowest BCUT2D eigenvalue weighted by atomic mass is 10.1. The zero-order valence-electron chi connectivity index (χ0n) is 14.9. The predicted molar refractivity (Wildman–Crippen MR) is 124 cm³/mol. The molecule has 138 valence electrons. The Kier molecular flexibility index (Phi) is 5.55. The Labute approximate surface area is 178 Å². The minimum absolute atomic E-state index is 0.657. The molecule has 0 bridgehead atoms. The van der Waals surface area contributed by atoms with Crippen LogP contribution in [0.3, 0.4) is 0 Å². The highest BCUT2D eigenvalue weighted by atomic mass is 79.9. The Balaban J connectivity index is 1.93. The fourth-order valence-electron chi connectivity index (χ4n) is 3.32. The van der Waals surface area contributed by atoms with Gasteiger partial charge in [0.05, 0.1) is 0 Å². The highest BCUT2D eigenvalue weighted by molar-refractivity contribution is 9.10. The van der Waals surface area contributed by atoms with Crippen LogP contribution in [0.4, 0.5) is 0 Å². The van der Waals surface area contributed by atoms with E-state index in [2.05, 4.69) is 15.9 Å². The molecule has 0 fully saturated rings. The van der Waals surface area contributed by atoms with Crippen LogP contribution in [0.5, 0.6) is 0 Å². The second kappa shape index (κ2) is 8.09. The molecule has 1 nitrogen and oxygen atoms in total. The lowest BCUT2D eigenvalue weighted by Crippen LogP contribution is -2.25. The number of rotatable bonds is 4. The zero-order chi connectivity index (χ0) is 19.6. The second-order valence-electron chi connectivity index (χ2n) is 6.49. The molecule has 28 heavy (non-hydrogen) atoms. The Hall–Kier alpha value is -2.12. The molecule has 4 aromatic rings. The van der Waals surface area contributed by atoms with Gasteiger partial charge >= 0.3 is 0 Å². The minimum Gasteiger partial charge on any atom is -0.309 e. The van der Waals surface area contributed by atoms with Crippen molar-refractivity contribution in [2.75, 3.05) is 0 Å². The molecule has 0 aliphatic rings. The molecular formula is C24H17BrClOP. The first-order valence-corrected chi connectivity index (χ1v) is 11.7. The van der Waals surface area contributed by atoms with E-state index >= 15 is 0 Å². The molecule has 0 amide bonds. The summed E-state index contributed by atoms with van der Waals surface area (Å²) in [6.07, 6.45) is 0. The third kappa shape index (κ3) is 3.73. The summed E-state index contributed by atoms with van der Waals surface area (Å²) >= 11 is 9.74. The van der Waals surface area contributed by atoms with Crippen molar-refractivity contribution < 1.29 is 4.57 Å². The van der Waals surface area contributed by atoms with Gasteiger partial charge in [0.1, 0.15) is 0 Å². The molecule has 0 heterocycles. The average Bonchev–Trinajstić information content (AvgIpc) is 2.74. The summed E-state index contributed by atoms with van der Waals surface area (Å²) in [5, 5.41) is 3.11. The van der Waals surface area contributed by atoms with Crippen molar-refractivity contribution in [2.45, 2.75) is 0 Å². The highest BCUT2D eigenvalue weighted by Crippen LogP contribution is 2.43. The summed E-state index contributed by atoms with van der Waals surface area (Å²) in [4.78, 5) is 0. The predicted octanol–water partition coefficient (Wildman–Crippen LogP) is 6.41. The van der Waals surface area contributed by atoms with Gasteiger partial charge in [0.25, 0.3) is 0 Å². The molecule has 0 atom stereocenters. The third-order valence-electron chi connectivity index (χ3n) is 4.65. The molecular weight excluding hydrogens is 451 g/mol. The number of halogens is 2. The second-order valence-corrected chi connectivity index (χ2v) is 10.6. The SMILES string of the molecule is O=P(c1ccccc1)(c1ccccc1)c1cccc(-c2cc(Cl)cc(Br)c2)c1. The Morgan fingerprint density at radius 1 is 0.607 bits per heavy atom. The quantitative estimate of drug-likeness (QED) is 0.317. The van der Waals surface area contributed by atoms with E-state index in [1.807, 2.05) is 103 Å². The summed E-state index contributed by atoms with van der Waals surface area (Å²) < 4.78 is 15.4. The first-order valence-electron chi connectivity index (χ1n) is 8.86. The fourth-order valence-corrected chi connectivity index (χ4v) is 6.88. The Morgan fingerprint density at radius 3 is 1.75 bits per heavy atom. The van der Waals surface area contributed by atoms with E-state index < -0.39 is 7.14 Å². The van der Waals surface area contributed by atoms with E-state index in [9.17, 15) is 4.57 Å². The lowest BCUT2D eigenvalue weighted by Gasteiger charge is -2.20. The van der Waals surface area contributed by atoms with Crippen LogP contribution in [0.1, 0.15) is 0 Å². The van der Waals surface area contributed by atoms with E-state index in [-0.39, 0.29) is 0 Å². The van der Waals surface area contributed by atoms with Crippen molar-refractivity contribution >= 4 is 50.6 Å². The molecule has 0 aliphatic heterocycles. The average molecular weight is 468 g/mol. The number of hydrogen-bond acceptors (Lipinski definition) is 1. The van der Waals surface area contributed by atoms with Gasteiger partial charge in [-0.1, -0.05) is 106 Å². The van der Waals surface area contributed by atoms with Gasteiger partial charge < -0.3 is 4.57 Å². The molecule has 0 saturated carbocycles. The lowest BCUT2D eigenvalue weighted by molar-refractivity contribution is 0.592. The van der Waals surface area contributed by atoms with E-state index in [1.54, 1.807) is 0 Å². The van der Waals surface area contributed by atoms with Gasteiger partial charge in [-0.15, -0.1) is 0 Å². The first kappa shape index (κ1) is 19.2. The third-order valence-corrected chi connectivity index (χ3v) is 8.38. The molecule has 0 N–H and O–H groups in total. The monoisotopic (exact) mass is 466 g/mol. The van der Waals surface area contributed by atoms with Gasteiger partial charge in [-0.25, -0.2) is 0 Å². The van der Waals surface area contributed by atoms with Gasteiger partial charge in [-0.2, -0.15) is 0 Å². The van der Waals surface area contributed by atoms with Gasteiger partial charge in [0.15, 0.2) is 7.14 Å². The van der Waals surface area contributed by atoms with Crippen molar-refractivity contribution in [2.24, 2.45) is 0 Å². The van der Waals surface area contributed by atoms with Crippen molar-refractivity contribution in [1.82, 2.24) is 0 Å². The Morgan fingerprint density at radius 2 is 1.18 bits per heavy atom. The summed E-state index contributed by atoms with van der Waals surface area (Å²) in [6.45, 7) is 0. The molecule has 4 aromatic carbocycles. The summed E-state index contributed by atoms with van der Waals surface area (Å²) in [5.41, 5.74) is 1.96. The van der Waals surface area contributed by atoms with E-state index in [0.717, 1.165) is 31.5 Å². The van der Waals surface area contributed by atoms with Crippen LogP contribution in [0.15, 0.2) is 108 Å². The van der Waals surface area contributed by atoms with Gasteiger partial charge in [-0.3, -0.25) is 0 Å². The molecule has 0 unspecified atom stereocenters. The maximum absolute atomic E-state index is 14.5. The summed E-state index contributed by atoms with van der Waals surface area (Å²) in [5.74, 6) is 0. The topological polar surface area (TPSA) is 17.1 Å². The van der Waals surface area contributed by atoms with Crippen molar-refractivity contribution in [3.63, 3.8) is 0 Å². The fraction of sp³-hybridized carbons (Fsp3) is 0. The van der Waals surface area contributed by atoms with Crippen LogP contribution < -0.4 is 15.9 Å². The van der Waals surface area contributed by atoms with Crippen molar-refractivity contribution in [3.8, 4) is 11.1 Å². The van der Waals surface area contributed by atoms with Crippen molar-refractivity contribution in [1.29, 1.82) is 0 Å². The van der Waals surface area contributed by atoms with E-state index in [4.69, 9.17) is 11.6 Å². The molecule has 0 radical (unpaired) electrons. The smallest absolute Gasteiger partial charge is 0.171 e. The first-order chi connectivity index (χ1) is 13.6. The maximum Gasteiger partial charge on any atom is 0.171 e. The molecule has 0 aromatic heterocycles. The minimum atomic E-state index is -2.99. The van der Waals surface area contributed by atoms with E-state index in [0.29, 0.717) is 5.02 Å². The molecule has 4 heteroatoms. The van der Waals surface area contributed by atoms with Gasteiger partial charge in [0.2, 0.25) is 0 Å². The Bertz CT molecular complexity index is 1100. The molecule has 0 saturated heterocycles. The number of benzene rings is 4. The standard InChI is InChI=1S/C24H17BrClOP/c25-20-14-19(15-21(26)17-20)18-8-7-13-24(16-18)28(27,22-9-3-1-4-10-22)23-11-5-2-6-12-23/h1-17H. The van der Waals surface area contributed by atoms with Gasteiger partial charge in [-0.05, 0) is 35.4 Å². The normalized spacial score (nSPS) is 11.4. The zero-order valence-corrected chi connectivity index (χ0v) is 18.2. The molecule has 0 spiro atoms. The highest BCUT2D eigenvalue weighted by Gasteiger charge is 2.29. The van der Waals surface area contributed by atoms with Gasteiger partial charge in [0, 0.05) is 25.4 Å². The molecule has 4 rings (SSSR count). The van der Waals surface area contributed by atoms with Crippen LogP contribution in [0.25, 0.3) is 11.1 Å². The molecule has 0 aliphatic carbocycles. The number of hydrogen-bond donors (Lipinski definition) is 0. The van der Waals surface area contributed by atoms with E-state index in [1.165, 1.54) is 0 Å². The van der Waals surface area contributed by atoms with Crippen LogP contribution in [0.2, 0.25) is 5.02 Å². The largest absolute Gasteiger partial charge is 0.309 e. The van der Waals surface area contributed by atoms with Crippen LogP contribution in [0, 0.1) is 0 Å². The summed E-state index contributed by atoms with van der Waals surface area (Å²) in [7, 11) is -2.99. The van der Waals surface area contributed by atoms with Crippen molar-refractivity contribution in [3.05, 3.63) is 113 Å². The summed E-state index contributed by atoms with van der Waals surface area (Å²) in [6, 6.07) is 33.1. The van der Waals surface area contributed by atoms with Crippen LogP contribution in [-0.4, -0.2) is 0 Å².